The second-order valence-electron chi connectivity index (χ2n) is 5.66. The first-order valence-corrected chi connectivity index (χ1v) is 5.79. The number of fused-ring (bicyclic) bond motifs is 2. The zero-order valence-corrected chi connectivity index (χ0v) is 10.0. The van der Waals surface area contributed by atoms with E-state index in [4.69, 9.17) is 4.74 Å². The summed E-state index contributed by atoms with van der Waals surface area (Å²) in [6.45, 7) is 8.45. The highest BCUT2D eigenvalue weighted by Gasteiger charge is 2.54. The molecule has 3 fully saturated rings. The lowest BCUT2D eigenvalue weighted by Gasteiger charge is -2.60. The maximum atomic E-state index is 10.7. The van der Waals surface area contributed by atoms with E-state index >= 15 is 0 Å². The average Bonchev–Trinajstić information content (AvgIpc) is 2.15. The number of allylic oxidation sites excluding steroid dienone is 1. The van der Waals surface area contributed by atoms with Crippen LogP contribution in [0.3, 0.4) is 0 Å². The van der Waals surface area contributed by atoms with Gasteiger partial charge in [-0.05, 0) is 41.6 Å². The van der Waals surface area contributed by atoms with Gasteiger partial charge in [-0.3, -0.25) is 4.79 Å². The van der Waals surface area contributed by atoms with Gasteiger partial charge in [0.25, 0.3) is 0 Å². The van der Waals surface area contributed by atoms with E-state index in [0.29, 0.717) is 11.3 Å². The Hall–Kier alpha value is -0.790. The maximum absolute atomic E-state index is 10.7. The predicted octanol–water partition coefficient (Wildman–Crippen LogP) is 3.14. The first-order chi connectivity index (χ1) is 6.93. The zero-order chi connectivity index (χ0) is 11.2. The summed E-state index contributed by atoms with van der Waals surface area (Å²) in [5.41, 5.74) is 1.82. The molecule has 2 nitrogen and oxygen atoms in total. The van der Waals surface area contributed by atoms with Crippen LogP contribution in [0.25, 0.3) is 0 Å². The number of ether oxygens (including phenoxy) is 1. The van der Waals surface area contributed by atoms with Crippen LogP contribution >= 0.6 is 0 Å². The first-order valence-electron chi connectivity index (χ1n) is 5.79. The molecule has 0 aromatic rings. The monoisotopic (exact) mass is 208 g/mol. The van der Waals surface area contributed by atoms with E-state index in [2.05, 4.69) is 20.8 Å². The quantitative estimate of drug-likeness (QED) is 0.489. The molecule has 3 saturated carbocycles. The number of hydrogen-bond donors (Lipinski definition) is 0. The topological polar surface area (TPSA) is 26.3 Å². The minimum atomic E-state index is -0.215. The molecule has 0 heterocycles. The van der Waals surface area contributed by atoms with Crippen molar-refractivity contribution in [1.29, 1.82) is 0 Å². The number of carbonyl (C=O) groups excluding carboxylic acids is 1. The summed E-state index contributed by atoms with van der Waals surface area (Å²) in [7, 11) is 0. The molecule has 0 aliphatic heterocycles. The van der Waals surface area contributed by atoms with Crippen molar-refractivity contribution in [2.24, 2.45) is 23.2 Å². The van der Waals surface area contributed by atoms with Gasteiger partial charge >= 0.3 is 5.97 Å². The van der Waals surface area contributed by atoms with Crippen LogP contribution < -0.4 is 0 Å². The van der Waals surface area contributed by atoms with Crippen molar-refractivity contribution < 1.29 is 9.53 Å². The highest BCUT2D eigenvalue weighted by Crippen LogP contribution is 2.62. The SMILES string of the molecule is CC(=O)O/C=C1\C[C@H]2C[C@@H]([C@@H]1C)C2(C)C. The Morgan fingerprint density at radius 2 is 2.20 bits per heavy atom. The fourth-order valence-corrected chi connectivity index (χ4v) is 3.29. The minimum absolute atomic E-state index is 0.215. The lowest BCUT2D eigenvalue weighted by atomic mass is 9.45. The van der Waals surface area contributed by atoms with Crippen molar-refractivity contribution in [2.45, 2.75) is 40.5 Å². The van der Waals surface area contributed by atoms with Crippen molar-refractivity contribution >= 4 is 5.97 Å². The lowest BCUT2D eigenvalue weighted by Crippen LogP contribution is -2.52. The van der Waals surface area contributed by atoms with Gasteiger partial charge in [0.15, 0.2) is 0 Å². The smallest absolute Gasteiger partial charge is 0.307 e. The van der Waals surface area contributed by atoms with E-state index in [1.807, 2.05) is 0 Å². The van der Waals surface area contributed by atoms with Crippen LogP contribution in [0, 0.1) is 23.2 Å². The average molecular weight is 208 g/mol. The molecule has 0 aromatic heterocycles. The van der Waals surface area contributed by atoms with Crippen LogP contribution in [0.15, 0.2) is 11.8 Å². The molecule has 0 N–H and O–H groups in total. The Kier molecular flexibility index (Phi) is 2.40. The van der Waals surface area contributed by atoms with Gasteiger partial charge in [0.1, 0.15) is 0 Å². The summed E-state index contributed by atoms with van der Waals surface area (Å²) in [5, 5.41) is 0. The van der Waals surface area contributed by atoms with Gasteiger partial charge in [-0.25, -0.2) is 0 Å². The molecule has 84 valence electrons. The van der Waals surface area contributed by atoms with E-state index in [9.17, 15) is 4.79 Å². The summed E-state index contributed by atoms with van der Waals surface area (Å²) < 4.78 is 4.99. The van der Waals surface area contributed by atoms with Gasteiger partial charge in [0.2, 0.25) is 0 Å². The second kappa shape index (κ2) is 3.36. The third kappa shape index (κ3) is 1.60. The normalized spacial score (nSPS) is 39.7. The van der Waals surface area contributed by atoms with E-state index in [1.54, 1.807) is 6.26 Å². The van der Waals surface area contributed by atoms with Crippen LogP contribution in [-0.4, -0.2) is 5.97 Å². The molecule has 0 saturated heterocycles. The summed E-state index contributed by atoms with van der Waals surface area (Å²) in [6, 6.07) is 0. The number of hydrogen-bond acceptors (Lipinski definition) is 2. The minimum Gasteiger partial charge on any atom is -0.435 e. The van der Waals surface area contributed by atoms with Gasteiger partial charge in [-0.15, -0.1) is 0 Å². The van der Waals surface area contributed by atoms with Crippen LogP contribution in [0.4, 0.5) is 0 Å². The Balaban J connectivity index is 2.08. The fraction of sp³-hybridized carbons (Fsp3) is 0.769. The van der Waals surface area contributed by atoms with E-state index in [-0.39, 0.29) is 5.97 Å². The third-order valence-electron chi connectivity index (χ3n) is 4.59. The molecular formula is C13H20O2. The molecule has 3 aliphatic rings. The molecule has 3 aliphatic carbocycles. The van der Waals surface area contributed by atoms with Crippen LogP contribution in [-0.2, 0) is 9.53 Å². The molecule has 0 aromatic carbocycles. The summed E-state index contributed by atoms with van der Waals surface area (Å²) in [6.07, 6.45) is 4.16. The van der Waals surface area contributed by atoms with Gasteiger partial charge < -0.3 is 4.74 Å². The summed E-state index contributed by atoms with van der Waals surface area (Å²) >= 11 is 0. The molecule has 0 unspecified atom stereocenters. The maximum Gasteiger partial charge on any atom is 0.307 e. The molecule has 2 bridgehead atoms. The van der Waals surface area contributed by atoms with Crippen molar-refractivity contribution in [1.82, 2.24) is 0 Å². The van der Waals surface area contributed by atoms with Gasteiger partial charge in [-0.2, -0.15) is 0 Å². The van der Waals surface area contributed by atoms with Crippen LogP contribution in [0.2, 0.25) is 0 Å². The molecule has 3 rings (SSSR count). The first kappa shape index (κ1) is 10.7. The molecule has 0 spiro atoms. The van der Waals surface area contributed by atoms with Gasteiger partial charge in [0.05, 0.1) is 6.26 Å². The standard InChI is InChI=1S/C13H20O2/c1-8-10(7-15-9(2)14)5-11-6-12(8)13(11,3)4/h7-8,11-12H,5-6H2,1-4H3/b10-7+/t8-,11+,12+/m1/s1. The Bertz CT molecular complexity index is 314. The summed E-state index contributed by atoms with van der Waals surface area (Å²) in [4.78, 5) is 10.7. The van der Waals surface area contributed by atoms with Crippen molar-refractivity contribution in [3.05, 3.63) is 11.8 Å². The van der Waals surface area contributed by atoms with E-state index in [0.717, 1.165) is 18.3 Å². The summed E-state index contributed by atoms with van der Waals surface area (Å²) in [5.74, 6) is 1.93. The molecule has 0 radical (unpaired) electrons. The van der Waals surface area contributed by atoms with Crippen molar-refractivity contribution in [3.8, 4) is 0 Å². The highest BCUT2D eigenvalue weighted by molar-refractivity contribution is 5.66. The fourth-order valence-electron chi connectivity index (χ4n) is 3.29. The predicted molar refractivity (Wildman–Crippen MR) is 59.0 cm³/mol. The third-order valence-corrected chi connectivity index (χ3v) is 4.59. The van der Waals surface area contributed by atoms with Crippen molar-refractivity contribution in [2.75, 3.05) is 0 Å². The zero-order valence-electron chi connectivity index (χ0n) is 10.0. The lowest BCUT2D eigenvalue weighted by molar-refractivity contribution is -0.135. The van der Waals surface area contributed by atoms with Gasteiger partial charge in [0, 0.05) is 6.92 Å². The van der Waals surface area contributed by atoms with Crippen molar-refractivity contribution in [3.63, 3.8) is 0 Å². The van der Waals surface area contributed by atoms with Crippen LogP contribution in [0.1, 0.15) is 40.5 Å². The largest absolute Gasteiger partial charge is 0.435 e. The van der Waals surface area contributed by atoms with E-state index in [1.165, 1.54) is 18.9 Å². The van der Waals surface area contributed by atoms with Gasteiger partial charge in [-0.1, -0.05) is 20.8 Å². The van der Waals surface area contributed by atoms with Crippen LogP contribution in [0.5, 0.6) is 0 Å². The molecular weight excluding hydrogens is 188 g/mol. The molecule has 15 heavy (non-hydrogen) atoms. The Morgan fingerprint density at radius 3 is 2.67 bits per heavy atom. The molecule has 0 amide bonds. The number of carbonyl (C=O) groups is 1. The van der Waals surface area contributed by atoms with E-state index < -0.39 is 0 Å². The second-order valence-corrected chi connectivity index (χ2v) is 5.66. The molecule has 3 atom stereocenters. The Labute approximate surface area is 91.7 Å². The molecule has 2 heteroatoms. The highest BCUT2D eigenvalue weighted by atomic mass is 16.5. The number of esters is 1. The number of rotatable bonds is 1. The Morgan fingerprint density at radius 1 is 1.53 bits per heavy atom.